The van der Waals surface area contributed by atoms with E-state index in [0.717, 1.165) is 53.9 Å². The van der Waals surface area contributed by atoms with Gasteiger partial charge in [-0.1, -0.05) is 26.3 Å². The Bertz CT molecular complexity index is 841. The molecule has 2 aliphatic carbocycles. The largest absolute Gasteiger partial charge is 0.459 e. The number of dihydropyridines is 1. The first kappa shape index (κ1) is 19.4. The van der Waals surface area contributed by atoms with Crippen molar-refractivity contribution in [3.05, 3.63) is 44.9 Å². The van der Waals surface area contributed by atoms with Crippen LogP contribution in [0.2, 0.25) is 0 Å². The fraction of sp³-hybridized carbons (Fsp3) is 0.565. The molecule has 0 radical (unpaired) electrons. The minimum absolute atomic E-state index is 0.00176. The molecular formula is C23H29NO3S. The summed E-state index contributed by atoms with van der Waals surface area (Å²) in [7, 11) is 0. The first-order valence-corrected chi connectivity index (χ1v) is 11.2. The molecule has 0 saturated heterocycles. The molecule has 1 aromatic rings. The van der Waals surface area contributed by atoms with Gasteiger partial charge in [0.05, 0.1) is 11.5 Å². The van der Waals surface area contributed by atoms with E-state index in [1.165, 1.54) is 6.42 Å². The Morgan fingerprint density at radius 1 is 1.21 bits per heavy atom. The topological polar surface area (TPSA) is 55.4 Å². The van der Waals surface area contributed by atoms with E-state index in [1.807, 2.05) is 24.4 Å². The molecular weight excluding hydrogens is 370 g/mol. The standard InChI is InChI=1S/C23H29NO3S/c1-14-19(22(26)27-15-8-5-4-6-9-15)21(18-10-7-11-28-18)20-16(24-14)12-23(2,3)13-17(20)25/h7,10-11,15,21,24H,4-6,8-9,12-13H2,1-3H3. The Kier molecular flexibility index (Phi) is 5.21. The summed E-state index contributed by atoms with van der Waals surface area (Å²) in [6, 6.07) is 4.01. The highest BCUT2D eigenvalue weighted by molar-refractivity contribution is 7.10. The number of ether oxygens (including phenoxy) is 1. The summed E-state index contributed by atoms with van der Waals surface area (Å²) in [5.74, 6) is -0.428. The lowest BCUT2D eigenvalue weighted by Crippen LogP contribution is -2.39. The predicted molar refractivity (Wildman–Crippen MR) is 111 cm³/mol. The lowest BCUT2D eigenvalue weighted by molar-refractivity contribution is -0.146. The van der Waals surface area contributed by atoms with Crippen LogP contribution in [0.3, 0.4) is 0 Å². The monoisotopic (exact) mass is 399 g/mol. The minimum atomic E-state index is -0.309. The Morgan fingerprint density at radius 3 is 2.64 bits per heavy atom. The van der Waals surface area contributed by atoms with Crippen LogP contribution in [0.4, 0.5) is 0 Å². The lowest BCUT2D eigenvalue weighted by Gasteiger charge is -2.39. The molecule has 2 heterocycles. The van der Waals surface area contributed by atoms with Crippen molar-refractivity contribution in [2.24, 2.45) is 5.41 Å². The molecule has 150 valence electrons. The summed E-state index contributed by atoms with van der Waals surface area (Å²) in [4.78, 5) is 27.4. The average molecular weight is 400 g/mol. The summed E-state index contributed by atoms with van der Waals surface area (Å²) in [6.45, 7) is 6.19. The van der Waals surface area contributed by atoms with Crippen molar-refractivity contribution in [3.63, 3.8) is 0 Å². The minimum Gasteiger partial charge on any atom is -0.459 e. The van der Waals surface area contributed by atoms with Gasteiger partial charge in [0, 0.05) is 28.3 Å². The summed E-state index contributed by atoms with van der Waals surface area (Å²) in [5, 5.41) is 5.41. The van der Waals surface area contributed by atoms with Crippen molar-refractivity contribution < 1.29 is 14.3 Å². The van der Waals surface area contributed by atoms with E-state index in [1.54, 1.807) is 11.3 Å². The van der Waals surface area contributed by atoms with E-state index >= 15 is 0 Å². The molecule has 4 rings (SSSR count). The fourth-order valence-electron chi connectivity index (χ4n) is 4.84. The number of carbonyl (C=O) groups is 2. The number of hydrogen-bond acceptors (Lipinski definition) is 5. The molecule has 1 N–H and O–H groups in total. The summed E-state index contributed by atoms with van der Waals surface area (Å²) < 4.78 is 5.92. The molecule has 3 aliphatic rings. The Hall–Kier alpha value is -1.88. The molecule has 4 nitrogen and oxygen atoms in total. The zero-order chi connectivity index (χ0) is 19.9. The first-order chi connectivity index (χ1) is 13.4. The Balaban J connectivity index is 1.71. The molecule has 0 amide bonds. The first-order valence-electron chi connectivity index (χ1n) is 10.3. The number of allylic oxidation sites excluding steroid dienone is 3. The van der Waals surface area contributed by atoms with Gasteiger partial charge in [0.25, 0.3) is 0 Å². The molecule has 28 heavy (non-hydrogen) atoms. The van der Waals surface area contributed by atoms with Gasteiger partial charge in [-0.3, -0.25) is 4.79 Å². The van der Waals surface area contributed by atoms with Crippen molar-refractivity contribution in [1.29, 1.82) is 0 Å². The quantitative estimate of drug-likeness (QED) is 0.707. The predicted octanol–water partition coefficient (Wildman–Crippen LogP) is 5.23. The summed E-state index contributed by atoms with van der Waals surface area (Å²) in [6.07, 6.45) is 6.67. The molecule has 1 unspecified atom stereocenters. The number of hydrogen-bond donors (Lipinski definition) is 1. The van der Waals surface area contributed by atoms with Crippen molar-refractivity contribution in [3.8, 4) is 0 Å². The van der Waals surface area contributed by atoms with Crippen LogP contribution in [0.15, 0.2) is 40.1 Å². The fourth-order valence-corrected chi connectivity index (χ4v) is 5.69. The van der Waals surface area contributed by atoms with Crippen LogP contribution < -0.4 is 5.32 Å². The van der Waals surface area contributed by atoms with Crippen LogP contribution in [0.5, 0.6) is 0 Å². The number of thiophene rings is 1. The third kappa shape index (κ3) is 3.69. The Morgan fingerprint density at radius 2 is 1.96 bits per heavy atom. The van der Waals surface area contributed by atoms with E-state index in [2.05, 4.69) is 19.2 Å². The van der Waals surface area contributed by atoms with Crippen molar-refractivity contribution in [2.75, 3.05) is 0 Å². The van der Waals surface area contributed by atoms with Crippen LogP contribution in [0, 0.1) is 5.41 Å². The third-order valence-corrected chi connectivity index (χ3v) is 7.05. The summed E-state index contributed by atoms with van der Waals surface area (Å²) in [5.41, 5.74) is 3.11. The van der Waals surface area contributed by atoms with E-state index in [4.69, 9.17) is 4.74 Å². The molecule has 1 fully saturated rings. The van der Waals surface area contributed by atoms with Crippen LogP contribution in [0.25, 0.3) is 0 Å². The maximum absolute atomic E-state index is 13.2. The van der Waals surface area contributed by atoms with Crippen LogP contribution in [0.1, 0.15) is 76.5 Å². The second kappa shape index (κ2) is 7.51. The van der Waals surface area contributed by atoms with Crippen molar-refractivity contribution in [1.82, 2.24) is 5.32 Å². The molecule has 0 aromatic carbocycles. The highest BCUT2D eigenvalue weighted by Gasteiger charge is 2.43. The van der Waals surface area contributed by atoms with Crippen molar-refractivity contribution >= 4 is 23.1 Å². The van der Waals surface area contributed by atoms with E-state index < -0.39 is 0 Å². The number of carbonyl (C=O) groups excluding carboxylic acids is 2. The number of esters is 1. The normalized spacial score (nSPS) is 25.4. The lowest BCUT2D eigenvalue weighted by atomic mass is 9.70. The Labute approximate surface area is 171 Å². The number of rotatable bonds is 3. The van der Waals surface area contributed by atoms with Gasteiger partial charge in [-0.2, -0.15) is 0 Å². The molecule has 1 atom stereocenters. The maximum Gasteiger partial charge on any atom is 0.337 e. The molecule has 5 heteroatoms. The summed E-state index contributed by atoms with van der Waals surface area (Å²) >= 11 is 1.60. The van der Waals surface area contributed by atoms with Crippen LogP contribution in [-0.2, 0) is 14.3 Å². The number of Topliss-reactive ketones (excluding diaryl/α,β-unsaturated/α-hetero) is 1. The van der Waals surface area contributed by atoms with Gasteiger partial charge >= 0.3 is 5.97 Å². The zero-order valence-corrected chi connectivity index (χ0v) is 17.8. The second-order valence-corrected chi connectivity index (χ2v) is 10.1. The second-order valence-electron chi connectivity index (χ2n) is 9.11. The SMILES string of the molecule is CC1=C(C(=O)OC2CCCCC2)C(c2cccs2)C2=C(CC(C)(C)CC2=O)N1. The van der Waals surface area contributed by atoms with Gasteiger partial charge in [0.15, 0.2) is 5.78 Å². The van der Waals surface area contributed by atoms with Gasteiger partial charge in [-0.25, -0.2) is 4.79 Å². The number of nitrogens with one attached hydrogen (secondary N) is 1. The van der Waals surface area contributed by atoms with Gasteiger partial charge in [0.2, 0.25) is 0 Å². The molecule has 0 bridgehead atoms. The molecule has 1 aliphatic heterocycles. The molecule has 1 aromatic heterocycles. The van der Waals surface area contributed by atoms with Gasteiger partial charge < -0.3 is 10.1 Å². The average Bonchev–Trinajstić information content (AvgIpc) is 3.14. The van der Waals surface area contributed by atoms with Crippen LogP contribution in [-0.4, -0.2) is 17.9 Å². The smallest absolute Gasteiger partial charge is 0.337 e. The van der Waals surface area contributed by atoms with E-state index in [0.29, 0.717) is 12.0 Å². The molecule has 1 saturated carbocycles. The highest BCUT2D eigenvalue weighted by atomic mass is 32.1. The number of ketones is 1. The maximum atomic E-state index is 13.2. The zero-order valence-electron chi connectivity index (χ0n) is 17.0. The van der Waals surface area contributed by atoms with E-state index in [9.17, 15) is 9.59 Å². The third-order valence-electron chi connectivity index (χ3n) is 6.11. The molecule has 0 spiro atoms. The highest BCUT2D eigenvalue weighted by Crippen LogP contribution is 2.47. The van der Waals surface area contributed by atoms with Gasteiger partial charge in [-0.15, -0.1) is 11.3 Å². The van der Waals surface area contributed by atoms with Gasteiger partial charge in [0.1, 0.15) is 6.10 Å². The van der Waals surface area contributed by atoms with Gasteiger partial charge in [-0.05, 0) is 55.9 Å². The van der Waals surface area contributed by atoms with Crippen molar-refractivity contribution in [2.45, 2.75) is 77.7 Å². The van der Waals surface area contributed by atoms with Crippen LogP contribution >= 0.6 is 11.3 Å². The van der Waals surface area contributed by atoms with E-state index in [-0.39, 0.29) is 29.2 Å².